The Hall–Kier alpha value is -3.14. The molecule has 0 aliphatic heterocycles. The van der Waals surface area contributed by atoms with Crippen molar-refractivity contribution in [3.8, 4) is 0 Å². The molecule has 0 aliphatic carbocycles. The van der Waals surface area contributed by atoms with Crippen LogP contribution >= 0.6 is 11.8 Å². The third-order valence-corrected chi connectivity index (χ3v) is 5.86. The Balaban J connectivity index is 2.00. The maximum Gasteiger partial charge on any atom is 0.332 e. The van der Waals surface area contributed by atoms with Gasteiger partial charge >= 0.3 is 5.69 Å². The van der Waals surface area contributed by atoms with Crippen LogP contribution in [0.25, 0.3) is 10.9 Å². The highest BCUT2D eigenvalue weighted by atomic mass is 32.2. The number of thioether (sulfide) groups is 1. The van der Waals surface area contributed by atoms with Crippen molar-refractivity contribution in [1.29, 1.82) is 0 Å². The molecule has 3 rings (SSSR count). The van der Waals surface area contributed by atoms with Crippen molar-refractivity contribution in [2.75, 3.05) is 11.5 Å². The zero-order valence-corrected chi connectivity index (χ0v) is 18.7. The predicted molar refractivity (Wildman–Crippen MR) is 122 cm³/mol. The van der Waals surface area contributed by atoms with Crippen LogP contribution < -0.4 is 22.5 Å². The highest BCUT2D eigenvalue weighted by Gasteiger charge is 2.23. The van der Waals surface area contributed by atoms with Gasteiger partial charge in [-0.1, -0.05) is 37.7 Å². The van der Waals surface area contributed by atoms with Crippen molar-refractivity contribution in [1.82, 2.24) is 18.7 Å². The van der Waals surface area contributed by atoms with Crippen LogP contribution in [0.3, 0.4) is 0 Å². The Morgan fingerprint density at radius 3 is 2.45 bits per heavy atom. The molecule has 10 heteroatoms. The number of fused-ring (bicyclic) bond motifs is 1. The lowest BCUT2D eigenvalue weighted by Crippen LogP contribution is -2.43. The second-order valence-corrected chi connectivity index (χ2v) is 8.53. The molecule has 2 N–H and O–H groups in total. The normalized spacial score (nSPS) is 11.4. The maximum absolute atomic E-state index is 13.0. The molecule has 1 aromatic carbocycles. The van der Waals surface area contributed by atoms with E-state index in [1.165, 1.54) is 16.2 Å². The number of nitrogens with zero attached hydrogens (tertiary/aromatic N) is 4. The average Bonchev–Trinajstić information content (AvgIpc) is 2.74. The van der Waals surface area contributed by atoms with Crippen molar-refractivity contribution in [3.63, 3.8) is 0 Å². The third-order valence-electron chi connectivity index (χ3n) is 4.89. The summed E-state index contributed by atoms with van der Waals surface area (Å²) in [5.41, 5.74) is 4.91. The Kier molecular flexibility index (Phi) is 6.49. The fourth-order valence-corrected chi connectivity index (χ4v) is 4.26. The minimum absolute atomic E-state index is 0.0932. The molecule has 0 saturated heterocycles. The van der Waals surface area contributed by atoms with E-state index in [-0.39, 0.29) is 35.2 Å². The number of ketones is 1. The molecule has 31 heavy (non-hydrogen) atoms. The van der Waals surface area contributed by atoms with Crippen molar-refractivity contribution < 1.29 is 4.79 Å². The van der Waals surface area contributed by atoms with Gasteiger partial charge in [-0.05, 0) is 25.0 Å². The first kappa shape index (κ1) is 22.5. The van der Waals surface area contributed by atoms with Gasteiger partial charge in [0, 0.05) is 20.1 Å². The summed E-state index contributed by atoms with van der Waals surface area (Å²) < 4.78 is 3.63. The number of anilines is 1. The molecule has 164 valence electrons. The van der Waals surface area contributed by atoms with Gasteiger partial charge in [-0.15, -0.1) is 0 Å². The number of carbonyl (C=O) groups is 1. The number of nitrogen functional groups attached to an aromatic ring is 1. The Morgan fingerprint density at radius 1 is 1.13 bits per heavy atom. The number of nitrogens with two attached hydrogens (primary N) is 1. The zero-order chi connectivity index (χ0) is 22.9. The van der Waals surface area contributed by atoms with Crippen LogP contribution in [-0.2, 0) is 20.1 Å². The Morgan fingerprint density at radius 2 is 1.81 bits per heavy atom. The van der Waals surface area contributed by atoms with Gasteiger partial charge in [0.1, 0.15) is 11.4 Å². The number of para-hydroxylation sites is 1. The Bertz CT molecular complexity index is 1340. The number of hydrogen-bond donors (Lipinski definition) is 1. The summed E-state index contributed by atoms with van der Waals surface area (Å²) in [6.45, 7) is 6.30. The standard InChI is InChI=1S/C21H25N5O4S/c1-5-25-18(28)13-8-6-7-9-14(13)23-20(25)31-11-15(27)16-17(22)26(10-12(2)3)21(30)24(4)19(16)29/h6-9,12H,5,10-11,22H2,1-4H3. The smallest absolute Gasteiger partial charge is 0.332 e. The van der Waals surface area contributed by atoms with Crippen LogP contribution in [-0.4, -0.2) is 30.2 Å². The maximum atomic E-state index is 13.0. The summed E-state index contributed by atoms with van der Waals surface area (Å²) in [5.74, 6) is -0.711. The highest BCUT2D eigenvalue weighted by molar-refractivity contribution is 7.99. The van der Waals surface area contributed by atoms with E-state index in [1.807, 2.05) is 20.8 Å². The quantitative estimate of drug-likeness (QED) is 0.333. The first-order valence-corrected chi connectivity index (χ1v) is 10.9. The van der Waals surface area contributed by atoms with Crippen LogP contribution in [0.5, 0.6) is 0 Å². The van der Waals surface area contributed by atoms with E-state index in [0.29, 0.717) is 22.6 Å². The molecule has 0 atom stereocenters. The fourth-order valence-electron chi connectivity index (χ4n) is 3.33. The molecule has 2 heterocycles. The molecular weight excluding hydrogens is 418 g/mol. The van der Waals surface area contributed by atoms with Crippen LogP contribution in [0.2, 0.25) is 0 Å². The Labute approximate surface area is 182 Å². The number of rotatable bonds is 7. The third kappa shape index (κ3) is 4.20. The molecular formula is C21H25N5O4S. The molecule has 0 radical (unpaired) electrons. The van der Waals surface area contributed by atoms with Crippen LogP contribution in [0.4, 0.5) is 5.82 Å². The van der Waals surface area contributed by atoms with E-state index < -0.39 is 17.0 Å². The van der Waals surface area contributed by atoms with Crippen LogP contribution in [0, 0.1) is 5.92 Å². The molecule has 0 unspecified atom stereocenters. The number of carbonyl (C=O) groups excluding carboxylic acids is 1. The average molecular weight is 444 g/mol. The van der Waals surface area contributed by atoms with Gasteiger partial charge in [0.25, 0.3) is 11.1 Å². The lowest BCUT2D eigenvalue weighted by molar-refractivity contribution is 0.102. The van der Waals surface area contributed by atoms with Gasteiger partial charge in [0.15, 0.2) is 10.9 Å². The van der Waals surface area contributed by atoms with Crippen LogP contribution in [0.1, 0.15) is 31.1 Å². The van der Waals surface area contributed by atoms with E-state index >= 15 is 0 Å². The summed E-state index contributed by atoms with van der Waals surface area (Å²) in [5, 5.41) is 0.879. The summed E-state index contributed by atoms with van der Waals surface area (Å²) in [6.07, 6.45) is 0. The first-order chi connectivity index (χ1) is 14.7. The van der Waals surface area contributed by atoms with Crippen molar-refractivity contribution in [2.45, 2.75) is 39.0 Å². The van der Waals surface area contributed by atoms with Gasteiger partial charge in [0.2, 0.25) is 0 Å². The van der Waals surface area contributed by atoms with Gasteiger partial charge in [-0.25, -0.2) is 9.78 Å². The molecule has 9 nitrogen and oxygen atoms in total. The largest absolute Gasteiger partial charge is 0.384 e. The predicted octanol–water partition coefficient (Wildman–Crippen LogP) is 1.49. The summed E-state index contributed by atoms with van der Waals surface area (Å²) >= 11 is 1.06. The molecule has 3 aromatic rings. The first-order valence-electron chi connectivity index (χ1n) is 9.92. The highest BCUT2D eigenvalue weighted by Crippen LogP contribution is 2.20. The number of hydrogen-bond acceptors (Lipinski definition) is 7. The van der Waals surface area contributed by atoms with Crippen molar-refractivity contribution in [3.05, 3.63) is 61.0 Å². The SMILES string of the molecule is CCn1c(SCC(=O)c2c(N)n(CC(C)C)c(=O)n(C)c2=O)nc2ccccc2c1=O. The lowest BCUT2D eigenvalue weighted by atomic mass is 10.2. The van der Waals surface area contributed by atoms with E-state index in [1.54, 1.807) is 24.3 Å². The topological polar surface area (TPSA) is 122 Å². The van der Waals surface area contributed by atoms with E-state index in [0.717, 1.165) is 16.3 Å². The lowest BCUT2D eigenvalue weighted by Gasteiger charge is -2.16. The molecule has 0 saturated carbocycles. The van der Waals surface area contributed by atoms with Crippen LogP contribution in [0.15, 0.2) is 43.8 Å². The van der Waals surface area contributed by atoms with E-state index in [9.17, 15) is 19.2 Å². The minimum Gasteiger partial charge on any atom is -0.384 e. The van der Waals surface area contributed by atoms with E-state index in [4.69, 9.17) is 5.73 Å². The second kappa shape index (κ2) is 8.93. The molecule has 0 spiro atoms. The number of benzene rings is 1. The molecule has 0 fully saturated rings. The zero-order valence-electron chi connectivity index (χ0n) is 17.9. The van der Waals surface area contributed by atoms with Gasteiger partial charge in [0.05, 0.1) is 16.7 Å². The second-order valence-electron chi connectivity index (χ2n) is 7.58. The number of Topliss-reactive ketones (excluding diaryl/α,β-unsaturated/α-hetero) is 1. The van der Waals surface area contributed by atoms with Gasteiger partial charge < -0.3 is 5.73 Å². The fraction of sp³-hybridized carbons (Fsp3) is 0.381. The summed E-state index contributed by atoms with van der Waals surface area (Å²) in [4.78, 5) is 55.3. The van der Waals surface area contributed by atoms with Gasteiger partial charge in [-0.2, -0.15) is 0 Å². The van der Waals surface area contributed by atoms with Crippen molar-refractivity contribution >= 4 is 34.3 Å². The summed E-state index contributed by atoms with van der Waals surface area (Å²) in [6, 6.07) is 7.00. The van der Waals surface area contributed by atoms with Gasteiger partial charge in [-0.3, -0.25) is 28.1 Å². The molecule has 0 aliphatic rings. The molecule has 0 bridgehead atoms. The summed E-state index contributed by atoms with van der Waals surface area (Å²) in [7, 11) is 1.32. The van der Waals surface area contributed by atoms with Crippen molar-refractivity contribution in [2.24, 2.45) is 13.0 Å². The minimum atomic E-state index is -0.729. The number of aromatic nitrogens is 4. The molecule has 0 amide bonds. The monoisotopic (exact) mass is 443 g/mol. The van der Waals surface area contributed by atoms with E-state index in [2.05, 4.69) is 4.98 Å². The molecule has 2 aromatic heterocycles.